The van der Waals surface area contributed by atoms with E-state index in [4.69, 9.17) is 9.47 Å². The van der Waals surface area contributed by atoms with Crippen LogP contribution < -0.4 is 19.7 Å². The van der Waals surface area contributed by atoms with E-state index in [2.05, 4.69) is 17.4 Å². The SMILES string of the molecule is c1c2c(cc3c1OCO3)[C@H]([NH+]1CCCC1)C[NH2+]C2. The first-order valence-corrected chi connectivity index (χ1v) is 7.00. The Balaban J connectivity index is 1.73. The molecule has 4 nitrogen and oxygen atoms in total. The lowest BCUT2D eigenvalue weighted by atomic mass is 9.95. The number of benzene rings is 1. The van der Waals surface area contributed by atoms with E-state index in [1.807, 2.05) is 0 Å². The van der Waals surface area contributed by atoms with Crippen LogP contribution in [0, 0.1) is 0 Å². The summed E-state index contributed by atoms with van der Waals surface area (Å²) in [4.78, 5) is 1.76. The van der Waals surface area contributed by atoms with Crippen LogP contribution in [0.15, 0.2) is 12.1 Å². The molecule has 3 aliphatic rings. The van der Waals surface area contributed by atoms with Gasteiger partial charge in [0.1, 0.15) is 13.1 Å². The van der Waals surface area contributed by atoms with Gasteiger partial charge in [-0.15, -0.1) is 0 Å². The first-order valence-electron chi connectivity index (χ1n) is 7.00. The third-order valence-electron chi connectivity index (χ3n) is 4.52. The minimum atomic E-state index is 0.378. The lowest BCUT2D eigenvalue weighted by molar-refractivity contribution is -0.937. The second kappa shape index (κ2) is 4.14. The molecule has 3 N–H and O–H groups in total. The van der Waals surface area contributed by atoms with Crippen LogP contribution in [0.5, 0.6) is 11.5 Å². The third kappa shape index (κ3) is 1.60. The smallest absolute Gasteiger partial charge is 0.231 e. The second-order valence-corrected chi connectivity index (χ2v) is 5.55. The summed E-state index contributed by atoms with van der Waals surface area (Å²) in [7, 11) is 0. The number of hydrogen-bond donors (Lipinski definition) is 2. The van der Waals surface area contributed by atoms with Crippen LogP contribution in [0.25, 0.3) is 0 Å². The monoisotopic (exact) mass is 248 g/mol. The molecule has 3 heterocycles. The minimum absolute atomic E-state index is 0.378. The van der Waals surface area contributed by atoms with E-state index < -0.39 is 0 Å². The predicted octanol–water partition coefficient (Wildman–Crippen LogP) is -0.788. The number of rotatable bonds is 1. The van der Waals surface area contributed by atoms with Gasteiger partial charge < -0.3 is 19.7 Å². The number of likely N-dealkylation sites (tertiary alicyclic amines) is 1. The van der Waals surface area contributed by atoms with Crippen molar-refractivity contribution in [3.05, 3.63) is 23.3 Å². The number of hydrogen-bond acceptors (Lipinski definition) is 2. The number of ether oxygens (including phenoxy) is 2. The number of fused-ring (bicyclic) bond motifs is 2. The predicted molar refractivity (Wildman–Crippen MR) is 65.7 cm³/mol. The van der Waals surface area contributed by atoms with Crippen molar-refractivity contribution in [1.82, 2.24) is 0 Å². The van der Waals surface area contributed by atoms with Crippen molar-refractivity contribution in [1.29, 1.82) is 0 Å². The van der Waals surface area contributed by atoms with Gasteiger partial charge in [-0.05, 0) is 12.1 Å². The van der Waals surface area contributed by atoms with E-state index in [0.717, 1.165) is 18.0 Å². The normalized spacial score (nSPS) is 26.3. The molecule has 4 rings (SSSR count). The van der Waals surface area contributed by atoms with Crippen molar-refractivity contribution < 1.29 is 19.7 Å². The topological polar surface area (TPSA) is 39.5 Å². The van der Waals surface area contributed by atoms with Gasteiger partial charge in [-0.25, -0.2) is 0 Å². The lowest BCUT2D eigenvalue weighted by Crippen LogP contribution is -3.13. The molecule has 96 valence electrons. The van der Waals surface area contributed by atoms with E-state index in [0.29, 0.717) is 12.8 Å². The van der Waals surface area contributed by atoms with Gasteiger partial charge >= 0.3 is 0 Å². The first kappa shape index (κ1) is 10.6. The fraction of sp³-hybridized carbons (Fsp3) is 0.571. The fourth-order valence-electron chi connectivity index (χ4n) is 3.60. The molecule has 18 heavy (non-hydrogen) atoms. The van der Waals surface area contributed by atoms with Crippen LogP contribution in [0.4, 0.5) is 0 Å². The molecule has 0 radical (unpaired) electrons. The number of quaternary nitrogens is 2. The second-order valence-electron chi connectivity index (χ2n) is 5.55. The number of nitrogens with one attached hydrogen (secondary N) is 1. The van der Waals surface area contributed by atoms with Crippen LogP contribution in [-0.4, -0.2) is 26.4 Å². The van der Waals surface area contributed by atoms with Gasteiger partial charge in [0.25, 0.3) is 0 Å². The average molecular weight is 248 g/mol. The Labute approximate surface area is 107 Å². The molecular formula is C14H20N2O2+2. The summed E-state index contributed by atoms with van der Waals surface area (Å²) in [5.41, 5.74) is 2.94. The standard InChI is InChI=1S/C14H18N2O2/c1-2-4-16(3-1)12-8-15-7-10-5-13-14(6-11(10)12)18-9-17-13/h5-6,12,15H,1-4,7-9H2/p+2/t12-/m1/s1. The number of nitrogens with two attached hydrogens (primary N) is 1. The molecule has 3 aliphatic heterocycles. The molecule has 0 bridgehead atoms. The molecule has 0 spiro atoms. The maximum absolute atomic E-state index is 5.53. The van der Waals surface area contributed by atoms with Gasteiger partial charge in [0.15, 0.2) is 17.5 Å². The summed E-state index contributed by atoms with van der Waals surface area (Å²) in [5, 5.41) is 2.43. The van der Waals surface area contributed by atoms with E-state index in [1.54, 1.807) is 4.90 Å². The largest absolute Gasteiger partial charge is 0.454 e. The molecule has 1 aromatic rings. The average Bonchev–Trinajstić information content (AvgIpc) is 3.06. The molecule has 0 saturated carbocycles. The van der Waals surface area contributed by atoms with Gasteiger partial charge in [0, 0.05) is 24.0 Å². The summed E-state index contributed by atoms with van der Waals surface area (Å²) in [6, 6.07) is 5.07. The third-order valence-corrected chi connectivity index (χ3v) is 4.52. The minimum Gasteiger partial charge on any atom is -0.454 e. The van der Waals surface area contributed by atoms with Gasteiger partial charge in [0.05, 0.1) is 13.1 Å². The Morgan fingerprint density at radius 1 is 1.11 bits per heavy atom. The summed E-state index contributed by atoms with van der Waals surface area (Å²) in [6.07, 6.45) is 2.76. The highest BCUT2D eigenvalue weighted by atomic mass is 16.7. The van der Waals surface area contributed by atoms with Crippen LogP contribution >= 0.6 is 0 Å². The lowest BCUT2D eigenvalue weighted by Gasteiger charge is -2.28. The molecule has 1 saturated heterocycles. The Morgan fingerprint density at radius 3 is 2.72 bits per heavy atom. The maximum Gasteiger partial charge on any atom is 0.231 e. The van der Waals surface area contributed by atoms with Crippen molar-refractivity contribution in [2.45, 2.75) is 25.4 Å². The Morgan fingerprint density at radius 2 is 1.89 bits per heavy atom. The zero-order valence-electron chi connectivity index (χ0n) is 10.6. The van der Waals surface area contributed by atoms with Gasteiger partial charge in [-0.1, -0.05) is 0 Å². The molecule has 0 aromatic heterocycles. The summed E-state index contributed by atoms with van der Waals surface area (Å²) in [5.74, 6) is 1.87. The highest BCUT2D eigenvalue weighted by molar-refractivity contribution is 5.49. The Bertz CT molecular complexity index is 469. The van der Waals surface area contributed by atoms with Gasteiger partial charge in [-0.3, -0.25) is 0 Å². The van der Waals surface area contributed by atoms with E-state index in [-0.39, 0.29) is 0 Å². The van der Waals surface area contributed by atoms with Crippen molar-refractivity contribution in [2.75, 3.05) is 26.4 Å². The van der Waals surface area contributed by atoms with Crippen LogP contribution in [-0.2, 0) is 6.54 Å². The maximum atomic E-state index is 5.53. The first-order chi connectivity index (χ1) is 8.92. The van der Waals surface area contributed by atoms with E-state index in [9.17, 15) is 0 Å². The Hall–Kier alpha value is -1.26. The quantitative estimate of drug-likeness (QED) is 0.684. The zero-order valence-corrected chi connectivity index (χ0v) is 10.6. The molecule has 0 unspecified atom stereocenters. The van der Waals surface area contributed by atoms with Crippen molar-refractivity contribution in [3.63, 3.8) is 0 Å². The summed E-state index contributed by atoms with van der Waals surface area (Å²) < 4.78 is 11.0. The van der Waals surface area contributed by atoms with E-state index >= 15 is 0 Å². The summed E-state index contributed by atoms with van der Waals surface area (Å²) >= 11 is 0. The zero-order chi connectivity index (χ0) is 11.9. The highest BCUT2D eigenvalue weighted by Crippen LogP contribution is 2.36. The van der Waals surface area contributed by atoms with Crippen molar-refractivity contribution in [2.24, 2.45) is 0 Å². The molecule has 0 amide bonds. The van der Waals surface area contributed by atoms with E-state index in [1.165, 1.54) is 43.6 Å². The van der Waals surface area contributed by atoms with Crippen LogP contribution in [0.1, 0.15) is 30.0 Å². The molecule has 1 atom stereocenters. The molecule has 1 fully saturated rings. The molecule has 1 aromatic carbocycles. The van der Waals surface area contributed by atoms with Crippen molar-refractivity contribution in [3.8, 4) is 11.5 Å². The molecule has 0 aliphatic carbocycles. The molecular weight excluding hydrogens is 228 g/mol. The fourth-order valence-corrected chi connectivity index (χ4v) is 3.60. The Kier molecular flexibility index (Phi) is 2.45. The molecule has 4 heteroatoms. The highest BCUT2D eigenvalue weighted by Gasteiger charge is 2.35. The van der Waals surface area contributed by atoms with Gasteiger partial charge in [-0.2, -0.15) is 0 Å². The van der Waals surface area contributed by atoms with Gasteiger partial charge in [0.2, 0.25) is 6.79 Å². The van der Waals surface area contributed by atoms with Crippen molar-refractivity contribution >= 4 is 0 Å². The van der Waals surface area contributed by atoms with Crippen LogP contribution in [0.3, 0.4) is 0 Å². The summed E-state index contributed by atoms with van der Waals surface area (Å²) in [6.45, 7) is 5.32. The van der Waals surface area contributed by atoms with Crippen LogP contribution in [0.2, 0.25) is 0 Å².